The molecule has 0 saturated carbocycles. The molecule has 0 aliphatic carbocycles. The van der Waals surface area contributed by atoms with Gasteiger partial charge in [-0.3, -0.25) is 14.9 Å². The third-order valence-electron chi connectivity index (χ3n) is 2.37. The zero-order chi connectivity index (χ0) is 14.6. The average molecular weight is 283 g/mol. The molecule has 8 heteroatoms. The van der Waals surface area contributed by atoms with Crippen LogP contribution in [0.15, 0.2) is 12.3 Å². The number of nitriles is 1. The number of nitrogens with one attached hydrogen (secondary N) is 1. The summed E-state index contributed by atoms with van der Waals surface area (Å²) >= 11 is 5.72. The summed E-state index contributed by atoms with van der Waals surface area (Å²) in [5.41, 5.74) is -0.468. The molecule has 1 heterocycles. The largest absolute Gasteiger partial charge is 0.336 e. The Bertz CT molecular complexity index is 553. The quantitative estimate of drug-likeness (QED) is 0.515. The van der Waals surface area contributed by atoms with Crippen LogP contribution in [0.4, 0.5) is 5.69 Å². The normalized spacial score (nSPS) is 11.7. The SMILES string of the molecule is CC(C)C(C#N)NC(=O)c1cc([N+](=O)[O-])cnc1Cl. The summed E-state index contributed by atoms with van der Waals surface area (Å²) in [5, 5.41) is 21.8. The highest BCUT2D eigenvalue weighted by molar-refractivity contribution is 6.32. The van der Waals surface area contributed by atoms with Gasteiger partial charge in [-0.1, -0.05) is 25.4 Å². The van der Waals surface area contributed by atoms with Crippen molar-refractivity contribution in [3.05, 3.63) is 33.1 Å². The fraction of sp³-hybridized carbons (Fsp3) is 0.364. The Morgan fingerprint density at radius 1 is 1.63 bits per heavy atom. The van der Waals surface area contributed by atoms with Gasteiger partial charge in [0.25, 0.3) is 11.6 Å². The van der Waals surface area contributed by atoms with E-state index in [1.54, 1.807) is 13.8 Å². The highest BCUT2D eigenvalue weighted by atomic mass is 35.5. The topological polar surface area (TPSA) is 109 Å². The van der Waals surface area contributed by atoms with Crippen LogP contribution >= 0.6 is 11.6 Å². The number of pyridine rings is 1. The van der Waals surface area contributed by atoms with Gasteiger partial charge in [0, 0.05) is 6.07 Å². The van der Waals surface area contributed by atoms with E-state index in [4.69, 9.17) is 16.9 Å². The van der Waals surface area contributed by atoms with E-state index in [1.807, 2.05) is 6.07 Å². The van der Waals surface area contributed by atoms with Gasteiger partial charge in [-0.15, -0.1) is 0 Å². The van der Waals surface area contributed by atoms with Crippen molar-refractivity contribution in [2.75, 3.05) is 0 Å². The van der Waals surface area contributed by atoms with E-state index in [1.165, 1.54) is 0 Å². The minimum absolute atomic E-state index is 0.0978. The molecule has 0 spiro atoms. The number of nitro groups is 1. The summed E-state index contributed by atoms with van der Waals surface area (Å²) in [5.74, 6) is -0.763. The second-order valence-electron chi connectivity index (χ2n) is 4.11. The monoisotopic (exact) mass is 282 g/mol. The standard InChI is InChI=1S/C11H11ClN4O3/c1-6(2)9(4-13)15-11(17)8-3-7(16(18)19)5-14-10(8)12/h3,5-6,9H,1-2H3,(H,15,17). The lowest BCUT2D eigenvalue weighted by Gasteiger charge is -2.14. The zero-order valence-corrected chi connectivity index (χ0v) is 11.0. The lowest BCUT2D eigenvalue weighted by molar-refractivity contribution is -0.385. The fourth-order valence-electron chi connectivity index (χ4n) is 1.26. The van der Waals surface area contributed by atoms with E-state index in [0.29, 0.717) is 0 Å². The summed E-state index contributed by atoms with van der Waals surface area (Å²) < 4.78 is 0. The molecule has 19 heavy (non-hydrogen) atoms. The molecular weight excluding hydrogens is 272 g/mol. The van der Waals surface area contributed by atoms with E-state index >= 15 is 0 Å². The number of halogens is 1. The third-order valence-corrected chi connectivity index (χ3v) is 2.67. The molecule has 1 N–H and O–H groups in total. The fourth-order valence-corrected chi connectivity index (χ4v) is 1.45. The Morgan fingerprint density at radius 3 is 2.74 bits per heavy atom. The summed E-state index contributed by atoms with van der Waals surface area (Å²) in [6.45, 7) is 3.53. The molecule has 0 radical (unpaired) electrons. The van der Waals surface area contributed by atoms with Gasteiger partial charge in [0.05, 0.1) is 16.6 Å². The van der Waals surface area contributed by atoms with Crippen molar-refractivity contribution >= 4 is 23.2 Å². The summed E-state index contributed by atoms with van der Waals surface area (Å²) in [7, 11) is 0. The molecule has 1 aromatic heterocycles. The van der Waals surface area contributed by atoms with E-state index in [0.717, 1.165) is 12.3 Å². The van der Waals surface area contributed by atoms with Gasteiger partial charge in [0.2, 0.25) is 0 Å². The first-order valence-corrected chi connectivity index (χ1v) is 5.75. The van der Waals surface area contributed by atoms with Gasteiger partial charge < -0.3 is 5.32 Å². The van der Waals surface area contributed by atoms with Crippen LogP contribution in [0.2, 0.25) is 5.15 Å². The first-order chi connectivity index (χ1) is 8.86. The molecule has 1 amide bonds. The predicted molar refractivity (Wildman–Crippen MR) is 67.6 cm³/mol. The Kier molecular flexibility index (Phi) is 4.78. The lowest BCUT2D eigenvalue weighted by atomic mass is 10.1. The van der Waals surface area contributed by atoms with Crippen LogP contribution in [0.3, 0.4) is 0 Å². The van der Waals surface area contributed by atoms with Gasteiger partial charge in [-0.25, -0.2) is 4.98 Å². The number of carbonyl (C=O) groups excluding carboxylic acids is 1. The maximum absolute atomic E-state index is 11.9. The molecule has 1 unspecified atom stereocenters. The number of rotatable bonds is 4. The number of nitrogens with zero attached hydrogens (tertiary/aromatic N) is 3. The highest BCUT2D eigenvalue weighted by Gasteiger charge is 2.21. The van der Waals surface area contributed by atoms with Gasteiger partial charge >= 0.3 is 0 Å². The van der Waals surface area contributed by atoms with E-state index in [2.05, 4.69) is 10.3 Å². The van der Waals surface area contributed by atoms with Crippen molar-refractivity contribution in [3.8, 4) is 6.07 Å². The molecule has 0 aliphatic heterocycles. The van der Waals surface area contributed by atoms with Crippen LogP contribution in [-0.2, 0) is 0 Å². The van der Waals surface area contributed by atoms with Gasteiger partial charge in [-0.05, 0) is 5.92 Å². The maximum atomic E-state index is 11.9. The molecule has 0 bridgehead atoms. The van der Waals surface area contributed by atoms with Crippen LogP contribution in [0, 0.1) is 27.4 Å². The number of amides is 1. The number of carbonyl (C=O) groups is 1. The molecule has 0 aliphatic rings. The second kappa shape index (κ2) is 6.11. The molecule has 0 saturated heterocycles. The maximum Gasteiger partial charge on any atom is 0.288 e. The van der Waals surface area contributed by atoms with Crippen molar-refractivity contribution in [3.63, 3.8) is 0 Å². The minimum Gasteiger partial charge on any atom is -0.336 e. The van der Waals surface area contributed by atoms with Gasteiger partial charge in [0.1, 0.15) is 17.4 Å². The van der Waals surface area contributed by atoms with Crippen LogP contribution < -0.4 is 5.32 Å². The summed E-state index contributed by atoms with van der Waals surface area (Å²) in [4.78, 5) is 25.4. The first-order valence-electron chi connectivity index (χ1n) is 5.37. The van der Waals surface area contributed by atoms with Crippen LogP contribution in [0.25, 0.3) is 0 Å². The third kappa shape index (κ3) is 3.63. The van der Waals surface area contributed by atoms with Crippen molar-refractivity contribution in [1.82, 2.24) is 10.3 Å². The Morgan fingerprint density at radius 2 is 2.26 bits per heavy atom. The van der Waals surface area contributed by atoms with Crippen molar-refractivity contribution in [2.24, 2.45) is 5.92 Å². The molecule has 0 aromatic carbocycles. The summed E-state index contributed by atoms with van der Waals surface area (Å²) in [6, 6.07) is 2.25. The molecule has 1 rings (SSSR count). The Balaban J connectivity index is 3.03. The molecular formula is C11H11ClN4O3. The van der Waals surface area contributed by atoms with Crippen molar-refractivity contribution in [2.45, 2.75) is 19.9 Å². The molecule has 100 valence electrons. The number of hydrogen-bond donors (Lipinski definition) is 1. The average Bonchev–Trinajstić information content (AvgIpc) is 2.35. The van der Waals surface area contributed by atoms with Crippen LogP contribution in [-0.4, -0.2) is 21.9 Å². The molecule has 1 atom stereocenters. The molecule has 0 fully saturated rings. The number of hydrogen-bond acceptors (Lipinski definition) is 5. The minimum atomic E-state index is -0.706. The first kappa shape index (κ1) is 14.9. The van der Waals surface area contributed by atoms with Crippen molar-refractivity contribution < 1.29 is 9.72 Å². The highest BCUT2D eigenvalue weighted by Crippen LogP contribution is 2.19. The second-order valence-corrected chi connectivity index (χ2v) is 4.47. The van der Waals surface area contributed by atoms with Crippen LogP contribution in [0.5, 0.6) is 0 Å². The molecule has 1 aromatic rings. The van der Waals surface area contributed by atoms with Gasteiger partial charge in [-0.2, -0.15) is 5.26 Å². The van der Waals surface area contributed by atoms with E-state index in [9.17, 15) is 14.9 Å². The lowest BCUT2D eigenvalue weighted by Crippen LogP contribution is -2.37. The predicted octanol–water partition coefficient (Wildman–Crippen LogP) is 1.92. The smallest absolute Gasteiger partial charge is 0.288 e. The van der Waals surface area contributed by atoms with E-state index < -0.39 is 16.9 Å². The van der Waals surface area contributed by atoms with Crippen molar-refractivity contribution in [1.29, 1.82) is 5.26 Å². The summed E-state index contributed by atoms with van der Waals surface area (Å²) in [6.07, 6.45) is 0.962. The molecule has 7 nitrogen and oxygen atoms in total. The Labute approximate surface area is 114 Å². The number of aromatic nitrogens is 1. The zero-order valence-electron chi connectivity index (χ0n) is 10.3. The van der Waals surface area contributed by atoms with Crippen LogP contribution in [0.1, 0.15) is 24.2 Å². The van der Waals surface area contributed by atoms with Gasteiger partial charge in [0.15, 0.2) is 0 Å². The Hall–Kier alpha value is -2.20. The van der Waals surface area contributed by atoms with E-state index in [-0.39, 0.29) is 22.3 Å².